The molecular formula is C7H14O2. The van der Waals surface area contributed by atoms with Crippen LogP contribution in [0.5, 0.6) is 0 Å². The Labute approximate surface area is 55.8 Å². The molecule has 2 nitrogen and oxygen atoms in total. The number of rotatable bonds is 2. The molecule has 2 heteroatoms. The molecule has 1 aliphatic rings. The molecule has 1 N–H and O–H groups in total. The Kier molecular flexibility index (Phi) is 1.78. The van der Waals surface area contributed by atoms with Gasteiger partial charge >= 0.3 is 0 Å². The van der Waals surface area contributed by atoms with Crippen molar-refractivity contribution in [3.8, 4) is 0 Å². The number of hydrogen-bond acceptors (Lipinski definition) is 2. The van der Waals surface area contributed by atoms with Crippen LogP contribution in [0.3, 0.4) is 0 Å². The van der Waals surface area contributed by atoms with Gasteiger partial charge in [-0.25, -0.2) is 0 Å². The van der Waals surface area contributed by atoms with Gasteiger partial charge in [-0.05, 0) is 25.7 Å². The lowest BCUT2D eigenvalue weighted by molar-refractivity contribution is -0.102. The molecule has 1 saturated carbocycles. The molecule has 0 aliphatic heterocycles. The number of ether oxygens (including phenoxy) is 1. The van der Waals surface area contributed by atoms with E-state index in [0.717, 1.165) is 12.8 Å². The fourth-order valence-corrected chi connectivity index (χ4v) is 1.46. The van der Waals surface area contributed by atoms with Gasteiger partial charge in [-0.1, -0.05) is 0 Å². The van der Waals surface area contributed by atoms with Gasteiger partial charge in [-0.15, -0.1) is 0 Å². The van der Waals surface area contributed by atoms with Crippen molar-refractivity contribution in [1.29, 1.82) is 0 Å². The second kappa shape index (κ2) is 2.27. The van der Waals surface area contributed by atoms with Crippen LogP contribution in [0.25, 0.3) is 0 Å². The van der Waals surface area contributed by atoms with Crippen LogP contribution in [-0.2, 0) is 4.74 Å². The molecule has 9 heavy (non-hydrogen) atoms. The number of hydrogen-bond donors (Lipinski definition) is 1. The van der Waals surface area contributed by atoms with Crippen molar-refractivity contribution in [3.05, 3.63) is 0 Å². The fraction of sp³-hybridized carbons (Fsp3) is 1.00. The summed E-state index contributed by atoms with van der Waals surface area (Å²) in [7, 11) is 1.73. The van der Waals surface area contributed by atoms with E-state index in [2.05, 4.69) is 6.92 Å². The van der Waals surface area contributed by atoms with Crippen LogP contribution in [0.1, 0.15) is 19.8 Å². The summed E-state index contributed by atoms with van der Waals surface area (Å²) in [4.78, 5) is 0. The van der Waals surface area contributed by atoms with Crippen molar-refractivity contribution in [2.75, 3.05) is 13.7 Å². The smallest absolute Gasteiger partial charge is 0.0657 e. The average molecular weight is 130 g/mol. The van der Waals surface area contributed by atoms with Crippen LogP contribution in [0.2, 0.25) is 0 Å². The van der Waals surface area contributed by atoms with Crippen LogP contribution >= 0.6 is 0 Å². The molecule has 0 spiro atoms. The zero-order chi connectivity index (χ0) is 6.91. The Bertz CT molecular complexity index is 95.1. The Morgan fingerprint density at radius 3 is 2.56 bits per heavy atom. The molecule has 54 valence electrons. The van der Waals surface area contributed by atoms with E-state index in [4.69, 9.17) is 9.84 Å². The lowest BCUT2D eigenvalue weighted by Crippen LogP contribution is -2.44. The summed E-state index contributed by atoms with van der Waals surface area (Å²) in [6, 6.07) is 0. The van der Waals surface area contributed by atoms with Crippen LogP contribution in [0.15, 0.2) is 0 Å². The first-order valence-corrected chi connectivity index (χ1v) is 3.36. The second-order valence-electron chi connectivity index (χ2n) is 3.11. The molecule has 0 aromatic carbocycles. The standard InChI is InChI=1S/C7H14O2/c1-7(9-2)3-6(4-7)5-8/h6,8H,3-5H2,1-2H3/t6-,7+. The molecular weight excluding hydrogens is 116 g/mol. The predicted molar refractivity (Wildman–Crippen MR) is 35.2 cm³/mol. The Hall–Kier alpha value is -0.0800. The molecule has 0 aromatic rings. The molecule has 0 radical (unpaired) electrons. The summed E-state index contributed by atoms with van der Waals surface area (Å²) in [6.07, 6.45) is 2.03. The van der Waals surface area contributed by atoms with Gasteiger partial charge < -0.3 is 9.84 Å². The maximum atomic E-state index is 8.66. The second-order valence-corrected chi connectivity index (χ2v) is 3.11. The molecule has 0 bridgehead atoms. The summed E-state index contributed by atoms with van der Waals surface area (Å²) in [5, 5.41) is 8.66. The maximum absolute atomic E-state index is 8.66. The van der Waals surface area contributed by atoms with Gasteiger partial charge in [-0.3, -0.25) is 0 Å². The summed E-state index contributed by atoms with van der Waals surface area (Å²) in [5.41, 5.74) is 0.0768. The van der Waals surface area contributed by atoms with Crippen molar-refractivity contribution >= 4 is 0 Å². The van der Waals surface area contributed by atoms with Gasteiger partial charge in [0.05, 0.1) is 5.60 Å². The van der Waals surface area contributed by atoms with E-state index in [1.807, 2.05) is 0 Å². The monoisotopic (exact) mass is 130 g/mol. The van der Waals surface area contributed by atoms with Crippen LogP contribution in [0, 0.1) is 5.92 Å². The van der Waals surface area contributed by atoms with E-state index in [-0.39, 0.29) is 5.60 Å². The fourth-order valence-electron chi connectivity index (χ4n) is 1.46. The van der Waals surface area contributed by atoms with Gasteiger partial charge in [0, 0.05) is 13.7 Å². The van der Waals surface area contributed by atoms with E-state index in [1.54, 1.807) is 7.11 Å². The molecule has 1 aliphatic carbocycles. The highest BCUT2D eigenvalue weighted by molar-refractivity contribution is 4.91. The highest BCUT2D eigenvalue weighted by Gasteiger charge is 2.39. The van der Waals surface area contributed by atoms with E-state index >= 15 is 0 Å². The topological polar surface area (TPSA) is 29.5 Å². The largest absolute Gasteiger partial charge is 0.396 e. The van der Waals surface area contributed by atoms with Gasteiger partial charge in [0.2, 0.25) is 0 Å². The van der Waals surface area contributed by atoms with Crippen molar-refractivity contribution < 1.29 is 9.84 Å². The van der Waals surface area contributed by atoms with Crippen LogP contribution in [-0.4, -0.2) is 24.4 Å². The minimum Gasteiger partial charge on any atom is -0.396 e. The third-order valence-corrected chi connectivity index (χ3v) is 2.19. The van der Waals surface area contributed by atoms with E-state index < -0.39 is 0 Å². The third-order valence-electron chi connectivity index (χ3n) is 2.19. The Morgan fingerprint density at radius 2 is 2.22 bits per heavy atom. The first-order chi connectivity index (χ1) is 4.20. The van der Waals surface area contributed by atoms with Crippen molar-refractivity contribution in [3.63, 3.8) is 0 Å². The van der Waals surface area contributed by atoms with E-state index in [9.17, 15) is 0 Å². The molecule has 0 atom stereocenters. The molecule has 1 fully saturated rings. The highest BCUT2D eigenvalue weighted by atomic mass is 16.5. The normalized spacial score (nSPS) is 42.3. The first-order valence-electron chi connectivity index (χ1n) is 3.36. The molecule has 0 aromatic heterocycles. The zero-order valence-corrected chi connectivity index (χ0v) is 6.05. The predicted octanol–water partition coefficient (Wildman–Crippen LogP) is 0.794. The summed E-state index contributed by atoms with van der Waals surface area (Å²) in [5.74, 6) is 0.495. The number of aliphatic hydroxyl groups is 1. The van der Waals surface area contributed by atoms with E-state index in [1.165, 1.54) is 0 Å². The van der Waals surface area contributed by atoms with E-state index in [0.29, 0.717) is 12.5 Å². The van der Waals surface area contributed by atoms with Gasteiger partial charge in [0.1, 0.15) is 0 Å². The Morgan fingerprint density at radius 1 is 1.67 bits per heavy atom. The summed E-state index contributed by atoms with van der Waals surface area (Å²) in [6.45, 7) is 2.40. The maximum Gasteiger partial charge on any atom is 0.0657 e. The molecule has 0 amide bonds. The van der Waals surface area contributed by atoms with Crippen molar-refractivity contribution in [1.82, 2.24) is 0 Å². The molecule has 0 saturated heterocycles. The summed E-state index contributed by atoms with van der Waals surface area (Å²) < 4.78 is 5.19. The minimum absolute atomic E-state index is 0.0768. The van der Waals surface area contributed by atoms with Crippen molar-refractivity contribution in [2.45, 2.75) is 25.4 Å². The molecule has 0 heterocycles. The van der Waals surface area contributed by atoms with Crippen molar-refractivity contribution in [2.24, 2.45) is 5.92 Å². The Balaban J connectivity index is 2.24. The molecule has 0 unspecified atom stereocenters. The summed E-state index contributed by atoms with van der Waals surface area (Å²) >= 11 is 0. The van der Waals surface area contributed by atoms with Crippen LogP contribution in [0.4, 0.5) is 0 Å². The molecule has 1 rings (SSSR count). The lowest BCUT2D eigenvalue weighted by atomic mass is 9.72. The highest BCUT2D eigenvalue weighted by Crippen LogP contribution is 2.39. The first kappa shape index (κ1) is 7.03. The minimum atomic E-state index is 0.0768. The van der Waals surface area contributed by atoms with Crippen LogP contribution < -0.4 is 0 Å². The number of methoxy groups -OCH3 is 1. The zero-order valence-electron chi connectivity index (χ0n) is 6.05. The lowest BCUT2D eigenvalue weighted by Gasteiger charge is -2.43. The van der Waals surface area contributed by atoms with Gasteiger partial charge in [-0.2, -0.15) is 0 Å². The number of aliphatic hydroxyl groups excluding tert-OH is 1. The van der Waals surface area contributed by atoms with Gasteiger partial charge in [0.25, 0.3) is 0 Å². The third kappa shape index (κ3) is 1.25. The van der Waals surface area contributed by atoms with Gasteiger partial charge in [0.15, 0.2) is 0 Å². The quantitative estimate of drug-likeness (QED) is 0.599. The SMILES string of the molecule is CO[C@]1(C)C[C@H](CO)C1. The average Bonchev–Trinajstić information content (AvgIpc) is 1.81.